The first-order valence-electron chi connectivity index (χ1n) is 2.39. The summed E-state index contributed by atoms with van der Waals surface area (Å²) in [5, 5.41) is 0. The van der Waals surface area contributed by atoms with Crippen molar-refractivity contribution in [2.24, 2.45) is 5.92 Å². The summed E-state index contributed by atoms with van der Waals surface area (Å²) in [5.41, 5.74) is 0. The van der Waals surface area contributed by atoms with Crippen molar-refractivity contribution in [1.29, 1.82) is 0 Å². The molecule has 0 N–H and O–H groups in total. The molecule has 0 saturated heterocycles. The molecule has 0 aromatic rings. The summed E-state index contributed by atoms with van der Waals surface area (Å²) < 4.78 is 0. The van der Waals surface area contributed by atoms with Crippen LogP contribution < -0.4 is 0 Å². The number of carbonyl (C=O) groups excluding carboxylic acids is 1. The number of hydrogen-bond donors (Lipinski definition) is 0. The Morgan fingerprint density at radius 1 is 1.57 bits per heavy atom. The summed E-state index contributed by atoms with van der Waals surface area (Å²) >= 11 is 0. The van der Waals surface area contributed by atoms with Crippen LogP contribution in [0.15, 0.2) is 12.2 Å². The lowest BCUT2D eigenvalue weighted by Crippen LogP contribution is -1.86. The molecule has 0 aromatic heterocycles. The van der Waals surface area contributed by atoms with Crippen LogP contribution in [0.25, 0.3) is 0 Å². The van der Waals surface area contributed by atoms with Crippen LogP contribution in [0.2, 0.25) is 0 Å². The zero-order valence-electron chi connectivity index (χ0n) is 4.72. The lowest BCUT2D eigenvalue weighted by atomic mass is 10.2. The third kappa shape index (κ3) is 3.23. The zero-order chi connectivity index (χ0) is 5.70. The summed E-state index contributed by atoms with van der Waals surface area (Å²) in [6.45, 7) is 3.76. The van der Waals surface area contributed by atoms with Crippen LogP contribution in [0, 0.1) is 5.92 Å². The molecule has 0 rings (SSSR count). The van der Waals surface area contributed by atoms with Crippen molar-refractivity contribution in [3.05, 3.63) is 12.2 Å². The van der Waals surface area contributed by atoms with Gasteiger partial charge in [0, 0.05) is 5.92 Å². The van der Waals surface area contributed by atoms with Crippen molar-refractivity contribution in [3.8, 4) is 0 Å². The minimum Gasteiger partial charge on any atom is -0.303 e. The van der Waals surface area contributed by atoms with Gasteiger partial charge in [0.2, 0.25) is 0 Å². The first-order valence-corrected chi connectivity index (χ1v) is 2.39. The highest BCUT2D eigenvalue weighted by Gasteiger charge is 1.86. The molecule has 0 aliphatic carbocycles. The largest absolute Gasteiger partial charge is 0.303 e. The molecule has 0 amide bonds. The third-order valence-corrected chi connectivity index (χ3v) is 0.711. The predicted molar refractivity (Wildman–Crippen MR) is 30.0 cm³/mol. The maximum Gasteiger partial charge on any atom is 0.126 e. The monoisotopic (exact) mass is 98.1 g/mol. The van der Waals surface area contributed by atoms with Crippen molar-refractivity contribution in [2.45, 2.75) is 13.8 Å². The van der Waals surface area contributed by atoms with Gasteiger partial charge < -0.3 is 4.79 Å². The Hall–Kier alpha value is -0.590. The second-order valence-corrected chi connectivity index (χ2v) is 1.52. The topological polar surface area (TPSA) is 17.1 Å². The second-order valence-electron chi connectivity index (χ2n) is 1.52. The highest BCUT2D eigenvalue weighted by molar-refractivity contribution is 5.55. The van der Waals surface area contributed by atoms with E-state index in [4.69, 9.17) is 0 Å². The Balaban J connectivity index is 3.35. The highest BCUT2D eigenvalue weighted by atomic mass is 16.1. The van der Waals surface area contributed by atoms with E-state index >= 15 is 0 Å². The van der Waals surface area contributed by atoms with Crippen LogP contribution in [0.1, 0.15) is 13.8 Å². The van der Waals surface area contributed by atoms with Crippen molar-refractivity contribution in [2.75, 3.05) is 0 Å². The van der Waals surface area contributed by atoms with E-state index in [9.17, 15) is 4.79 Å². The number of rotatable bonds is 2. The summed E-state index contributed by atoms with van der Waals surface area (Å²) in [4.78, 5) is 9.84. The summed E-state index contributed by atoms with van der Waals surface area (Å²) in [6, 6.07) is 0. The fourth-order valence-corrected chi connectivity index (χ4v) is 0.349. The molecular formula is C6H10O. The SMILES string of the molecule is C/C=C\[C@H](C)C=O. The fraction of sp³-hybridized carbons (Fsp3) is 0.500. The van der Waals surface area contributed by atoms with E-state index in [0.29, 0.717) is 0 Å². The Morgan fingerprint density at radius 2 is 2.14 bits per heavy atom. The van der Waals surface area contributed by atoms with E-state index in [1.807, 2.05) is 26.0 Å². The lowest BCUT2D eigenvalue weighted by molar-refractivity contribution is -0.109. The van der Waals surface area contributed by atoms with Crippen molar-refractivity contribution in [1.82, 2.24) is 0 Å². The average Bonchev–Trinajstić information content (AvgIpc) is 1.68. The predicted octanol–water partition coefficient (Wildman–Crippen LogP) is 1.40. The maximum absolute atomic E-state index is 9.84. The molecular weight excluding hydrogens is 88.1 g/mol. The van der Waals surface area contributed by atoms with E-state index in [-0.39, 0.29) is 5.92 Å². The number of hydrogen-bond acceptors (Lipinski definition) is 1. The number of allylic oxidation sites excluding steroid dienone is 2. The molecule has 0 unspecified atom stereocenters. The van der Waals surface area contributed by atoms with Crippen molar-refractivity contribution < 1.29 is 4.79 Å². The first kappa shape index (κ1) is 6.41. The van der Waals surface area contributed by atoms with Crippen LogP contribution >= 0.6 is 0 Å². The van der Waals surface area contributed by atoms with E-state index in [1.165, 1.54) is 0 Å². The van der Waals surface area contributed by atoms with Gasteiger partial charge in [-0.3, -0.25) is 0 Å². The molecule has 0 aliphatic heterocycles. The molecule has 1 nitrogen and oxygen atoms in total. The fourth-order valence-electron chi connectivity index (χ4n) is 0.349. The van der Waals surface area contributed by atoms with E-state index < -0.39 is 0 Å². The maximum atomic E-state index is 9.84. The van der Waals surface area contributed by atoms with Gasteiger partial charge >= 0.3 is 0 Å². The average molecular weight is 98.1 g/mol. The van der Waals surface area contributed by atoms with Crippen LogP contribution in [0.4, 0.5) is 0 Å². The summed E-state index contributed by atoms with van der Waals surface area (Å²) in [7, 11) is 0. The van der Waals surface area contributed by atoms with Crippen LogP contribution in [0.3, 0.4) is 0 Å². The van der Waals surface area contributed by atoms with E-state index in [2.05, 4.69) is 0 Å². The van der Waals surface area contributed by atoms with Gasteiger partial charge in [-0.1, -0.05) is 19.1 Å². The van der Waals surface area contributed by atoms with Gasteiger partial charge in [-0.15, -0.1) is 0 Å². The van der Waals surface area contributed by atoms with Crippen LogP contribution in [0.5, 0.6) is 0 Å². The Kier molecular flexibility index (Phi) is 3.29. The normalized spacial score (nSPS) is 14.6. The molecule has 7 heavy (non-hydrogen) atoms. The molecule has 0 saturated carbocycles. The number of carbonyl (C=O) groups is 1. The van der Waals surface area contributed by atoms with Crippen molar-refractivity contribution >= 4 is 6.29 Å². The third-order valence-electron chi connectivity index (χ3n) is 0.711. The molecule has 1 atom stereocenters. The zero-order valence-corrected chi connectivity index (χ0v) is 4.72. The van der Waals surface area contributed by atoms with Gasteiger partial charge in [-0.05, 0) is 6.92 Å². The molecule has 0 heterocycles. The smallest absolute Gasteiger partial charge is 0.126 e. The van der Waals surface area contributed by atoms with Gasteiger partial charge in [-0.2, -0.15) is 0 Å². The van der Waals surface area contributed by atoms with Crippen LogP contribution in [-0.4, -0.2) is 6.29 Å². The van der Waals surface area contributed by atoms with Crippen LogP contribution in [-0.2, 0) is 4.79 Å². The second kappa shape index (κ2) is 3.59. The summed E-state index contributed by atoms with van der Waals surface area (Å²) in [5.74, 6) is 0.0880. The van der Waals surface area contributed by atoms with Crippen molar-refractivity contribution in [3.63, 3.8) is 0 Å². The minimum absolute atomic E-state index is 0.0880. The molecule has 0 fully saturated rings. The minimum atomic E-state index is 0.0880. The highest BCUT2D eigenvalue weighted by Crippen LogP contribution is 1.88. The van der Waals surface area contributed by atoms with Gasteiger partial charge in [0.15, 0.2) is 0 Å². The Bertz CT molecular complexity index is 74.2. The quantitative estimate of drug-likeness (QED) is 0.377. The van der Waals surface area contributed by atoms with E-state index in [1.54, 1.807) is 0 Å². The van der Waals surface area contributed by atoms with Gasteiger partial charge in [0.1, 0.15) is 6.29 Å². The molecule has 1 heteroatoms. The summed E-state index contributed by atoms with van der Waals surface area (Å²) in [6.07, 6.45) is 4.64. The lowest BCUT2D eigenvalue weighted by Gasteiger charge is -1.86. The van der Waals surface area contributed by atoms with Gasteiger partial charge in [0.25, 0.3) is 0 Å². The Morgan fingerprint density at radius 3 is 2.29 bits per heavy atom. The number of aldehydes is 1. The van der Waals surface area contributed by atoms with Gasteiger partial charge in [0.05, 0.1) is 0 Å². The molecule has 0 spiro atoms. The first-order chi connectivity index (χ1) is 3.31. The Labute approximate surface area is 44.0 Å². The molecule has 0 aromatic carbocycles. The van der Waals surface area contributed by atoms with E-state index in [0.717, 1.165) is 6.29 Å². The molecule has 0 aliphatic rings. The molecule has 0 bridgehead atoms. The molecule has 40 valence electrons. The van der Waals surface area contributed by atoms with Gasteiger partial charge in [-0.25, -0.2) is 0 Å². The molecule has 0 radical (unpaired) electrons. The standard InChI is InChI=1S/C6H10O/c1-3-4-6(2)5-7/h3-6H,1-2H3/b4-3-/t6-/m0/s1.